The van der Waals surface area contributed by atoms with Gasteiger partial charge in [0.05, 0.1) is 6.04 Å². The van der Waals surface area contributed by atoms with Gasteiger partial charge in [0, 0.05) is 25.5 Å². The molecular weight excluding hydrogens is 188 g/mol. The monoisotopic (exact) mass is 203 g/mol. The van der Waals surface area contributed by atoms with Crippen LogP contribution >= 0.6 is 0 Å². The number of aromatic nitrogens is 2. The molecule has 1 fully saturated rings. The number of carbonyl (C=O) groups is 1. The maximum atomic E-state index is 11.1. The van der Waals surface area contributed by atoms with Crippen LogP contribution in [0, 0.1) is 0 Å². The Morgan fingerprint density at radius 2 is 2.13 bits per heavy atom. The molecule has 1 aliphatic heterocycles. The van der Waals surface area contributed by atoms with Crippen LogP contribution in [0.4, 0.5) is 4.79 Å². The minimum atomic E-state index is 0.185. The zero-order valence-corrected chi connectivity index (χ0v) is 9.31. The summed E-state index contributed by atoms with van der Waals surface area (Å²) in [5.41, 5.74) is 1.20. The molecule has 0 unspecified atom stereocenters. The lowest BCUT2D eigenvalue weighted by Gasteiger charge is -2.31. The van der Waals surface area contributed by atoms with E-state index >= 15 is 0 Å². The molecule has 0 spiro atoms. The van der Waals surface area contributed by atoms with Gasteiger partial charge in [0.25, 0.3) is 0 Å². The maximum absolute atomic E-state index is 11.1. The molecule has 1 saturated heterocycles. The first-order chi connectivity index (χ1) is 7.16. The molecule has 0 bridgehead atoms. The summed E-state index contributed by atoms with van der Waals surface area (Å²) in [6, 6.07) is 0.467. The molecule has 1 aromatic rings. The van der Waals surface area contributed by atoms with Gasteiger partial charge in [-0.3, -0.25) is 9.48 Å². The van der Waals surface area contributed by atoms with Crippen molar-refractivity contribution in [3.63, 3.8) is 0 Å². The van der Waals surface area contributed by atoms with E-state index in [4.69, 9.17) is 0 Å². The van der Waals surface area contributed by atoms with Crippen LogP contribution in [0.25, 0.3) is 0 Å². The van der Waals surface area contributed by atoms with E-state index in [0.29, 0.717) is 6.04 Å². The Balaban J connectivity index is 1.96. The quantitative estimate of drug-likeness (QED) is 0.522. The zero-order valence-electron chi connectivity index (χ0n) is 9.31. The number of amides is 1. The molecular formula is C9H15B2N3O. The predicted molar refractivity (Wildman–Crippen MR) is 64.2 cm³/mol. The molecule has 0 radical (unpaired) electrons. The average molecular weight is 203 g/mol. The van der Waals surface area contributed by atoms with Gasteiger partial charge in [-0.2, -0.15) is 5.10 Å². The van der Waals surface area contributed by atoms with E-state index in [1.54, 1.807) is 7.85 Å². The van der Waals surface area contributed by atoms with Gasteiger partial charge in [-0.1, -0.05) is 5.46 Å². The van der Waals surface area contributed by atoms with Gasteiger partial charge in [0.15, 0.2) is 5.81 Å². The Morgan fingerprint density at radius 1 is 1.47 bits per heavy atom. The third kappa shape index (κ3) is 2.25. The van der Waals surface area contributed by atoms with E-state index in [1.807, 2.05) is 23.6 Å². The minimum Gasteiger partial charge on any atom is -0.352 e. The fourth-order valence-corrected chi connectivity index (χ4v) is 2.08. The lowest BCUT2D eigenvalue weighted by molar-refractivity contribution is 0.189. The van der Waals surface area contributed by atoms with Crippen LogP contribution in [0.1, 0.15) is 18.9 Å². The smallest absolute Gasteiger partial charge is 0.215 e. The van der Waals surface area contributed by atoms with E-state index in [1.165, 1.54) is 5.46 Å². The number of nitrogens with zero attached hydrogens (tertiary/aromatic N) is 3. The molecule has 0 aliphatic carbocycles. The highest BCUT2D eigenvalue weighted by molar-refractivity contribution is 6.56. The van der Waals surface area contributed by atoms with Crippen LogP contribution < -0.4 is 5.46 Å². The SMILES string of the molecule is BC(=O)N1CCC(n2cc(B)cn2)CC1. The van der Waals surface area contributed by atoms with Crippen molar-refractivity contribution >= 4 is 27.0 Å². The summed E-state index contributed by atoms with van der Waals surface area (Å²) < 4.78 is 2.03. The van der Waals surface area contributed by atoms with Crippen molar-refractivity contribution in [2.75, 3.05) is 13.1 Å². The molecule has 2 heterocycles. The largest absolute Gasteiger partial charge is 0.352 e. The number of hydrogen-bond donors (Lipinski definition) is 0. The van der Waals surface area contributed by atoms with Crippen molar-refractivity contribution in [2.45, 2.75) is 18.9 Å². The molecule has 1 aromatic heterocycles. The summed E-state index contributed by atoms with van der Waals surface area (Å²) in [7, 11) is 3.69. The Bertz CT molecular complexity index is 358. The number of carbonyl (C=O) groups excluding carboxylic acids is 1. The summed E-state index contributed by atoms with van der Waals surface area (Å²) >= 11 is 0. The fraction of sp³-hybridized carbons (Fsp3) is 0.556. The molecule has 78 valence electrons. The van der Waals surface area contributed by atoms with Gasteiger partial charge >= 0.3 is 0 Å². The molecule has 15 heavy (non-hydrogen) atoms. The summed E-state index contributed by atoms with van der Waals surface area (Å²) in [5, 5.41) is 4.32. The molecule has 4 nitrogen and oxygen atoms in total. The molecule has 6 heteroatoms. The van der Waals surface area contributed by atoms with Gasteiger partial charge in [-0.25, -0.2) is 0 Å². The van der Waals surface area contributed by atoms with Crippen LogP contribution in [0.15, 0.2) is 12.4 Å². The average Bonchev–Trinajstić information content (AvgIpc) is 2.65. The lowest BCUT2D eigenvalue weighted by Crippen LogP contribution is -2.38. The van der Waals surface area contributed by atoms with E-state index < -0.39 is 0 Å². The van der Waals surface area contributed by atoms with Crippen molar-refractivity contribution in [3.8, 4) is 0 Å². The Labute approximate surface area is 91.4 Å². The first kappa shape index (κ1) is 10.3. The summed E-state index contributed by atoms with van der Waals surface area (Å²) in [5.74, 6) is 0.185. The van der Waals surface area contributed by atoms with Crippen molar-refractivity contribution < 1.29 is 4.79 Å². The van der Waals surface area contributed by atoms with Crippen LogP contribution in [0.2, 0.25) is 0 Å². The molecule has 2 rings (SSSR count). The van der Waals surface area contributed by atoms with E-state index in [-0.39, 0.29) is 5.81 Å². The maximum Gasteiger partial charge on any atom is 0.215 e. The van der Waals surface area contributed by atoms with Crippen molar-refractivity contribution in [3.05, 3.63) is 12.4 Å². The van der Waals surface area contributed by atoms with E-state index in [0.717, 1.165) is 25.9 Å². The standard InChI is InChI=1S/C9H15B2N3O/c10-7-5-12-14(6-7)8-1-3-13(4-2-8)9(11)15/h5-6,8H,1-4,10-11H2. The van der Waals surface area contributed by atoms with Gasteiger partial charge in [0.2, 0.25) is 7.85 Å². The second-order valence-corrected chi connectivity index (χ2v) is 4.23. The van der Waals surface area contributed by atoms with Gasteiger partial charge in [-0.15, -0.1) is 0 Å². The first-order valence-electron chi connectivity index (χ1n) is 5.43. The second kappa shape index (κ2) is 4.13. The van der Waals surface area contributed by atoms with E-state index in [9.17, 15) is 4.79 Å². The molecule has 1 aliphatic rings. The van der Waals surface area contributed by atoms with E-state index in [2.05, 4.69) is 11.3 Å². The zero-order chi connectivity index (χ0) is 10.8. The van der Waals surface area contributed by atoms with Crippen molar-refractivity contribution in [1.82, 2.24) is 14.7 Å². The van der Waals surface area contributed by atoms with Crippen LogP contribution in [-0.4, -0.2) is 49.3 Å². The molecule has 0 aromatic carbocycles. The highest BCUT2D eigenvalue weighted by atomic mass is 16.1. The topological polar surface area (TPSA) is 38.1 Å². The van der Waals surface area contributed by atoms with Gasteiger partial charge in [-0.05, 0) is 12.8 Å². The predicted octanol–water partition coefficient (Wildman–Crippen LogP) is -1.47. The first-order valence-corrected chi connectivity index (χ1v) is 5.43. The molecule has 0 saturated carbocycles. The highest BCUT2D eigenvalue weighted by Crippen LogP contribution is 2.20. The fourth-order valence-electron chi connectivity index (χ4n) is 2.08. The second-order valence-electron chi connectivity index (χ2n) is 4.23. The van der Waals surface area contributed by atoms with Crippen LogP contribution in [0.5, 0.6) is 0 Å². The number of hydrogen-bond acceptors (Lipinski definition) is 2. The summed E-state index contributed by atoms with van der Waals surface area (Å²) in [4.78, 5) is 13.1. The summed E-state index contributed by atoms with van der Waals surface area (Å²) in [6.45, 7) is 1.72. The highest BCUT2D eigenvalue weighted by Gasteiger charge is 2.21. The normalized spacial score (nSPS) is 18.0. The van der Waals surface area contributed by atoms with Gasteiger partial charge < -0.3 is 4.90 Å². The third-order valence-corrected chi connectivity index (χ3v) is 3.01. The lowest BCUT2D eigenvalue weighted by atomic mass is 10.00. The number of rotatable bonds is 1. The minimum absolute atomic E-state index is 0.185. The van der Waals surface area contributed by atoms with Crippen molar-refractivity contribution in [2.24, 2.45) is 0 Å². The summed E-state index contributed by atoms with van der Waals surface area (Å²) in [6.07, 6.45) is 5.99. The van der Waals surface area contributed by atoms with Crippen LogP contribution in [0.3, 0.4) is 0 Å². The van der Waals surface area contributed by atoms with Crippen LogP contribution in [-0.2, 0) is 0 Å². The number of likely N-dealkylation sites (tertiary alicyclic amines) is 1. The third-order valence-electron chi connectivity index (χ3n) is 3.01. The Hall–Kier alpha value is -1.19. The molecule has 0 atom stereocenters. The van der Waals surface area contributed by atoms with Crippen molar-refractivity contribution in [1.29, 1.82) is 0 Å². The molecule has 0 N–H and O–H groups in total. The number of piperidine rings is 1. The Morgan fingerprint density at radius 3 is 2.60 bits per heavy atom. The van der Waals surface area contributed by atoms with Gasteiger partial charge in [0.1, 0.15) is 7.85 Å². The molecule has 1 amide bonds. The Kier molecular flexibility index (Phi) is 2.84.